The Morgan fingerprint density at radius 2 is 1.48 bits per heavy atom. The van der Waals surface area contributed by atoms with Crippen LogP contribution in [0.4, 0.5) is 0 Å². The highest BCUT2D eigenvalue weighted by Gasteiger charge is 2.30. The summed E-state index contributed by atoms with van der Waals surface area (Å²) < 4.78 is 0. The number of hydrogen-bond acceptors (Lipinski definition) is 0. The van der Waals surface area contributed by atoms with Crippen LogP contribution in [0.5, 0.6) is 0 Å². The smallest absolute Gasteiger partial charge is 0.000707 e. The van der Waals surface area contributed by atoms with Crippen molar-refractivity contribution < 1.29 is 0 Å². The van der Waals surface area contributed by atoms with Crippen LogP contribution in [-0.4, -0.2) is 0 Å². The van der Waals surface area contributed by atoms with Gasteiger partial charge in [0.2, 0.25) is 0 Å². The van der Waals surface area contributed by atoms with Crippen molar-refractivity contribution in [2.45, 2.75) is 19.8 Å². The fourth-order valence-electron chi connectivity index (χ4n) is 5.04. The molecule has 0 heterocycles. The van der Waals surface area contributed by atoms with Crippen molar-refractivity contribution >= 4 is 10.8 Å². The standard InChI is InChI=1S/C25H18/c1-15-12-19-13-18-11-10-16-6-2-4-8-20(16)24(18)25(19)22-14-17-7-3-5-9-21(17)23(15)22/h2-12H,13-14H2,1H3. The van der Waals surface area contributed by atoms with Crippen LogP contribution >= 0.6 is 0 Å². The maximum absolute atomic E-state index is 2.44. The SMILES string of the molecule is Cc1cc2c(c3c1-c1ccccc1C3)-c1c(ccc3ccccc13)C2. The summed E-state index contributed by atoms with van der Waals surface area (Å²) in [6.45, 7) is 2.28. The Kier molecular flexibility index (Phi) is 2.48. The van der Waals surface area contributed by atoms with Crippen molar-refractivity contribution in [2.24, 2.45) is 0 Å². The van der Waals surface area contributed by atoms with Gasteiger partial charge in [-0.25, -0.2) is 0 Å². The summed E-state index contributed by atoms with van der Waals surface area (Å²) in [4.78, 5) is 0. The molecule has 6 rings (SSSR count). The molecule has 0 heteroatoms. The first-order valence-electron chi connectivity index (χ1n) is 9.06. The first-order chi connectivity index (χ1) is 12.3. The van der Waals surface area contributed by atoms with Crippen molar-refractivity contribution in [1.29, 1.82) is 0 Å². The molecule has 0 N–H and O–H groups in total. The second-order valence-corrected chi connectivity index (χ2v) is 7.41. The minimum Gasteiger partial charge on any atom is -0.0619 e. The predicted molar refractivity (Wildman–Crippen MR) is 105 cm³/mol. The van der Waals surface area contributed by atoms with E-state index < -0.39 is 0 Å². The van der Waals surface area contributed by atoms with Gasteiger partial charge in [0, 0.05) is 0 Å². The normalized spacial score (nSPS) is 13.5. The van der Waals surface area contributed by atoms with Crippen molar-refractivity contribution in [3.05, 3.63) is 94.5 Å². The summed E-state index contributed by atoms with van der Waals surface area (Å²) in [5.41, 5.74) is 13.4. The molecule has 0 aromatic heterocycles. The van der Waals surface area contributed by atoms with Crippen LogP contribution in [0.25, 0.3) is 33.0 Å². The minimum absolute atomic E-state index is 1.07. The van der Waals surface area contributed by atoms with E-state index in [0.29, 0.717) is 0 Å². The van der Waals surface area contributed by atoms with E-state index in [4.69, 9.17) is 0 Å². The lowest BCUT2D eigenvalue weighted by Gasteiger charge is -2.14. The molecular formula is C25H18. The zero-order valence-corrected chi connectivity index (χ0v) is 14.3. The fraction of sp³-hybridized carbons (Fsp3) is 0.120. The second-order valence-electron chi connectivity index (χ2n) is 7.41. The van der Waals surface area contributed by atoms with E-state index in [1.807, 2.05) is 0 Å². The van der Waals surface area contributed by atoms with E-state index in [2.05, 4.69) is 73.7 Å². The molecule has 0 nitrogen and oxygen atoms in total. The average molecular weight is 318 g/mol. The van der Waals surface area contributed by atoms with Gasteiger partial charge in [-0.3, -0.25) is 0 Å². The van der Waals surface area contributed by atoms with Gasteiger partial charge in [-0.15, -0.1) is 0 Å². The molecule has 0 saturated carbocycles. The highest BCUT2D eigenvalue weighted by Crippen LogP contribution is 2.50. The van der Waals surface area contributed by atoms with Gasteiger partial charge in [-0.1, -0.05) is 66.7 Å². The topological polar surface area (TPSA) is 0 Å². The van der Waals surface area contributed by atoms with Gasteiger partial charge in [0.05, 0.1) is 0 Å². The number of benzene rings is 4. The summed E-state index contributed by atoms with van der Waals surface area (Å²) in [5, 5.41) is 2.75. The lowest BCUT2D eigenvalue weighted by Crippen LogP contribution is -1.92. The summed E-state index contributed by atoms with van der Waals surface area (Å²) in [7, 11) is 0. The van der Waals surface area contributed by atoms with Crippen LogP contribution in [0.2, 0.25) is 0 Å². The third-order valence-electron chi connectivity index (χ3n) is 6.01. The van der Waals surface area contributed by atoms with E-state index in [1.54, 1.807) is 5.56 Å². The lowest BCUT2D eigenvalue weighted by atomic mass is 9.90. The maximum Gasteiger partial charge on any atom is -0.000707 e. The summed E-state index contributed by atoms with van der Waals surface area (Å²) >= 11 is 0. The van der Waals surface area contributed by atoms with Gasteiger partial charge >= 0.3 is 0 Å². The zero-order chi connectivity index (χ0) is 16.5. The van der Waals surface area contributed by atoms with Crippen LogP contribution in [-0.2, 0) is 12.8 Å². The second kappa shape index (κ2) is 4.61. The van der Waals surface area contributed by atoms with Gasteiger partial charge < -0.3 is 0 Å². The third kappa shape index (κ3) is 1.67. The molecular weight excluding hydrogens is 300 g/mol. The Labute approximate surface area is 147 Å². The van der Waals surface area contributed by atoms with Crippen LogP contribution in [0.15, 0.2) is 66.7 Å². The van der Waals surface area contributed by atoms with Gasteiger partial charge in [0.1, 0.15) is 0 Å². The third-order valence-corrected chi connectivity index (χ3v) is 6.01. The molecule has 118 valence electrons. The van der Waals surface area contributed by atoms with E-state index in [9.17, 15) is 0 Å². The monoisotopic (exact) mass is 318 g/mol. The van der Waals surface area contributed by atoms with Gasteiger partial charge in [0.15, 0.2) is 0 Å². The van der Waals surface area contributed by atoms with Crippen molar-refractivity contribution in [3.8, 4) is 22.3 Å². The summed E-state index contributed by atoms with van der Waals surface area (Å²) in [5.74, 6) is 0. The van der Waals surface area contributed by atoms with Crippen LogP contribution in [0.3, 0.4) is 0 Å². The summed E-state index contributed by atoms with van der Waals surface area (Å²) in [6, 6.07) is 24.8. The fourth-order valence-corrected chi connectivity index (χ4v) is 5.04. The molecule has 4 aromatic rings. The molecule has 25 heavy (non-hydrogen) atoms. The molecule has 0 aliphatic heterocycles. The van der Waals surface area contributed by atoms with E-state index in [0.717, 1.165) is 12.8 Å². The molecule has 0 fully saturated rings. The van der Waals surface area contributed by atoms with Crippen molar-refractivity contribution in [2.75, 3.05) is 0 Å². The molecule has 0 unspecified atom stereocenters. The highest BCUT2D eigenvalue weighted by molar-refractivity contribution is 6.04. The first kappa shape index (κ1) is 13.4. The highest BCUT2D eigenvalue weighted by atomic mass is 14.3. The van der Waals surface area contributed by atoms with Crippen LogP contribution < -0.4 is 0 Å². The van der Waals surface area contributed by atoms with Crippen LogP contribution in [0, 0.1) is 6.92 Å². The van der Waals surface area contributed by atoms with Crippen molar-refractivity contribution in [1.82, 2.24) is 0 Å². The molecule has 0 atom stereocenters. The van der Waals surface area contributed by atoms with E-state index in [-0.39, 0.29) is 0 Å². The Hall–Kier alpha value is -2.86. The molecule has 4 aromatic carbocycles. The van der Waals surface area contributed by atoms with E-state index >= 15 is 0 Å². The molecule has 0 saturated heterocycles. The number of fused-ring (bicyclic) bond motifs is 9. The van der Waals surface area contributed by atoms with Crippen molar-refractivity contribution in [3.63, 3.8) is 0 Å². The number of hydrogen-bond donors (Lipinski definition) is 0. The molecule has 0 radical (unpaired) electrons. The first-order valence-corrected chi connectivity index (χ1v) is 9.06. The largest absolute Gasteiger partial charge is 0.0619 e. The zero-order valence-electron chi connectivity index (χ0n) is 14.3. The Morgan fingerprint density at radius 3 is 2.44 bits per heavy atom. The molecule has 0 bridgehead atoms. The van der Waals surface area contributed by atoms with Gasteiger partial charge in [-0.2, -0.15) is 0 Å². The van der Waals surface area contributed by atoms with Gasteiger partial charge in [-0.05, 0) is 80.6 Å². The molecule has 2 aliphatic carbocycles. The minimum atomic E-state index is 1.07. The Morgan fingerprint density at radius 1 is 0.640 bits per heavy atom. The lowest BCUT2D eigenvalue weighted by molar-refractivity contribution is 1.22. The van der Waals surface area contributed by atoms with E-state index in [1.165, 1.54) is 55.3 Å². The number of aryl methyl sites for hydroxylation is 1. The molecule has 0 spiro atoms. The molecule has 2 aliphatic rings. The molecule has 0 amide bonds. The maximum atomic E-state index is 2.44. The van der Waals surface area contributed by atoms with Gasteiger partial charge in [0.25, 0.3) is 0 Å². The quantitative estimate of drug-likeness (QED) is 0.309. The Balaban J connectivity index is 1.74. The predicted octanol–water partition coefficient (Wildman–Crippen LogP) is 6.29. The van der Waals surface area contributed by atoms with Crippen LogP contribution in [0.1, 0.15) is 27.8 Å². The Bertz CT molecular complexity index is 1190. The summed E-state index contributed by atoms with van der Waals surface area (Å²) in [6.07, 6.45) is 2.14. The average Bonchev–Trinajstić information content (AvgIpc) is 3.19. The number of rotatable bonds is 0.